The molecule has 1 N–H and O–H groups in total. The molecule has 2 aromatic carbocycles. The Hall–Kier alpha value is -2.99. The van der Waals surface area contributed by atoms with Crippen LogP contribution < -0.4 is 10.4 Å². The number of ketones is 1. The van der Waals surface area contributed by atoms with Gasteiger partial charge < -0.3 is 9.72 Å². The maximum atomic E-state index is 12.0. The zero-order chi connectivity index (χ0) is 18.4. The Morgan fingerprint density at radius 3 is 2.23 bits per heavy atom. The molecular weight excluding hydrogens is 396 g/mol. The summed E-state index contributed by atoms with van der Waals surface area (Å²) < 4.78 is 6.51. The van der Waals surface area contributed by atoms with Crippen molar-refractivity contribution in [1.29, 1.82) is 0 Å². The molecule has 0 unspecified atom stereocenters. The Morgan fingerprint density at radius 2 is 1.62 bits per heavy atom. The number of halogens is 1. The number of carbonyl (C=O) groups is 1. The highest BCUT2D eigenvalue weighted by Gasteiger charge is 2.07. The molecule has 26 heavy (non-hydrogen) atoms. The van der Waals surface area contributed by atoms with E-state index in [1.807, 2.05) is 48.6 Å². The molecule has 0 saturated carbocycles. The van der Waals surface area contributed by atoms with Crippen LogP contribution in [0.15, 0.2) is 70.1 Å². The highest BCUT2D eigenvalue weighted by Crippen LogP contribution is 2.16. The fourth-order valence-corrected chi connectivity index (χ4v) is 2.46. The van der Waals surface area contributed by atoms with E-state index in [0.29, 0.717) is 5.75 Å². The number of carbonyl (C=O) groups excluding carboxylic acids is 1. The molecular formula is C20H15BrN2O3. The first-order chi connectivity index (χ1) is 12.6. The van der Waals surface area contributed by atoms with E-state index in [9.17, 15) is 9.59 Å². The van der Waals surface area contributed by atoms with E-state index >= 15 is 0 Å². The summed E-state index contributed by atoms with van der Waals surface area (Å²) in [6.07, 6.45) is 5.31. The SMILES string of the molecule is O=C(COc1ccc(/C=C/c2ccc(Br)cc2)cc1)c1ccnc(=O)[nH]1. The molecule has 0 radical (unpaired) electrons. The number of nitrogens with one attached hydrogen (secondary N) is 1. The summed E-state index contributed by atoms with van der Waals surface area (Å²) in [5, 5.41) is 0. The molecule has 1 heterocycles. The Kier molecular flexibility index (Phi) is 5.76. The number of hydrogen-bond acceptors (Lipinski definition) is 4. The molecule has 5 nitrogen and oxygen atoms in total. The third kappa shape index (κ3) is 5.00. The molecule has 0 bridgehead atoms. The van der Waals surface area contributed by atoms with E-state index in [-0.39, 0.29) is 18.1 Å². The van der Waals surface area contributed by atoms with E-state index in [1.165, 1.54) is 12.3 Å². The van der Waals surface area contributed by atoms with Crippen LogP contribution in [0.3, 0.4) is 0 Å². The number of hydrogen-bond donors (Lipinski definition) is 1. The Labute approximate surface area is 158 Å². The van der Waals surface area contributed by atoms with Crippen LogP contribution in [0.25, 0.3) is 12.2 Å². The first kappa shape index (κ1) is 17.8. The fraction of sp³-hybridized carbons (Fsp3) is 0.0500. The van der Waals surface area contributed by atoms with Crippen molar-refractivity contribution < 1.29 is 9.53 Å². The summed E-state index contributed by atoms with van der Waals surface area (Å²) in [5.41, 5.74) is 1.74. The van der Waals surface area contributed by atoms with Gasteiger partial charge in [-0.25, -0.2) is 9.78 Å². The zero-order valence-electron chi connectivity index (χ0n) is 13.7. The van der Waals surface area contributed by atoms with Crippen molar-refractivity contribution in [1.82, 2.24) is 9.97 Å². The van der Waals surface area contributed by atoms with Crippen molar-refractivity contribution in [3.63, 3.8) is 0 Å². The molecule has 0 saturated heterocycles. The molecule has 0 aliphatic rings. The first-order valence-electron chi connectivity index (χ1n) is 7.85. The second-order valence-electron chi connectivity index (χ2n) is 5.45. The van der Waals surface area contributed by atoms with Crippen LogP contribution in [0.4, 0.5) is 0 Å². The summed E-state index contributed by atoms with van der Waals surface area (Å²) in [4.78, 5) is 29.0. The van der Waals surface area contributed by atoms with Gasteiger partial charge in [-0.05, 0) is 41.5 Å². The number of nitrogens with zero attached hydrogens (tertiary/aromatic N) is 1. The number of rotatable bonds is 6. The zero-order valence-corrected chi connectivity index (χ0v) is 15.3. The lowest BCUT2D eigenvalue weighted by Gasteiger charge is -2.05. The average Bonchev–Trinajstić information content (AvgIpc) is 2.66. The predicted octanol–water partition coefficient (Wildman–Crippen LogP) is 3.96. The van der Waals surface area contributed by atoms with Crippen LogP contribution in [-0.2, 0) is 0 Å². The number of ether oxygens (including phenoxy) is 1. The lowest BCUT2D eigenvalue weighted by atomic mass is 10.1. The van der Waals surface area contributed by atoms with Gasteiger partial charge in [0.15, 0.2) is 6.61 Å². The van der Waals surface area contributed by atoms with E-state index < -0.39 is 5.69 Å². The second-order valence-corrected chi connectivity index (χ2v) is 6.37. The molecule has 0 amide bonds. The van der Waals surface area contributed by atoms with E-state index in [1.54, 1.807) is 12.1 Å². The lowest BCUT2D eigenvalue weighted by Crippen LogP contribution is -2.19. The molecule has 1 aromatic heterocycles. The highest BCUT2D eigenvalue weighted by molar-refractivity contribution is 9.10. The molecule has 3 aromatic rings. The summed E-state index contributed by atoms with van der Waals surface area (Å²) >= 11 is 3.41. The second kappa shape index (κ2) is 8.40. The topological polar surface area (TPSA) is 72.0 Å². The average molecular weight is 411 g/mol. The maximum Gasteiger partial charge on any atom is 0.345 e. The number of aromatic amines is 1. The smallest absolute Gasteiger partial charge is 0.345 e. The van der Waals surface area contributed by atoms with Crippen molar-refractivity contribution in [2.24, 2.45) is 0 Å². The Morgan fingerprint density at radius 1 is 1.00 bits per heavy atom. The van der Waals surface area contributed by atoms with Gasteiger partial charge in [-0.2, -0.15) is 0 Å². The summed E-state index contributed by atoms with van der Waals surface area (Å²) in [6.45, 7) is -0.159. The van der Waals surface area contributed by atoms with Crippen molar-refractivity contribution in [2.75, 3.05) is 6.61 Å². The van der Waals surface area contributed by atoms with Gasteiger partial charge in [-0.3, -0.25) is 4.79 Å². The normalized spacial score (nSPS) is 10.8. The number of Topliss-reactive ketones (excluding diaryl/α,β-unsaturated/α-hetero) is 1. The van der Waals surface area contributed by atoms with Crippen LogP contribution in [0.2, 0.25) is 0 Å². The van der Waals surface area contributed by atoms with Gasteiger partial charge in [-0.15, -0.1) is 0 Å². The predicted molar refractivity (Wildman–Crippen MR) is 104 cm³/mol. The van der Waals surface area contributed by atoms with Crippen LogP contribution in [-0.4, -0.2) is 22.4 Å². The van der Waals surface area contributed by atoms with Gasteiger partial charge in [0.05, 0.1) is 5.69 Å². The monoisotopic (exact) mass is 410 g/mol. The van der Waals surface area contributed by atoms with Crippen LogP contribution in [0.5, 0.6) is 5.75 Å². The summed E-state index contributed by atoms with van der Waals surface area (Å²) in [5.74, 6) is 0.263. The van der Waals surface area contributed by atoms with Crippen molar-refractivity contribution in [3.05, 3.63) is 92.6 Å². The Bertz CT molecular complexity index is 977. The van der Waals surface area contributed by atoms with E-state index in [4.69, 9.17) is 4.74 Å². The quantitative estimate of drug-likeness (QED) is 0.492. The largest absolute Gasteiger partial charge is 0.485 e. The molecule has 0 aliphatic heterocycles. The summed E-state index contributed by atoms with van der Waals surface area (Å²) in [6, 6.07) is 16.9. The van der Waals surface area contributed by atoms with Gasteiger partial charge in [-0.1, -0.05) is 52.3 Å². The molecule has 6 heteroatoms. The minimum atomic E-state index is -0.558. The third-order valence-electron chi connectivity index (χ3n) is 3.56. The first-order valence-corrected chi connectivity index (χ1v) is 8.64. The van der Waals surface area contributed by atoms with Gasteiger partial charge in [0.2, 0.25) is 5.78 Å². The van der Waals surface area contributed by atoms with Crippen molar-refractivity contribution in [3.8, 4) is 5.75 Å². The maximum absolute atomic E-state index is 12.0. The third-order valence-corrected chi connectivity index (χ3v) is 4.09. The van der Waals surface area contributed by atoms with Crippen LogP contribution in [0.1, 0.15) is 21.6 Å². The fourth-order valence-electron chi connectivity index (χ4n) is 2.20. The molecule has 0 spiro atoms. The van der Waals surface area contributed by atoms with Crippen LogP contribution >= 0.6 is 15.9 Å². The number of aromatic nitrogens is 2. The lowest BCUT2D eigenvalue weighted by molar-refractivity contribution is 0.0916. The van der Waals surface area contributed by atoms with Gasteiger partial charge in [0, 0.05) is 10.7 Å². The summed E-state index contributed by atoms with van der Waals surface area (Å²) in [7, 11) is 0. The Balaban J connectivity index is 1.58. The highest BCUT2D eigenvalue weighted by atomic mass is 79.9. The van der Waals surface area contributed by atoms with Crippen LogP contribution in [0, 0.1) is 0 Å². The number of H-pyrrole nitrogens is 1. The minimum Gasteiger partial charge on any atom is -0.485 e. The standard InChI is InChI=1S/C20H15BrN2O3/c21-16-7-3-14(4-8-16)1-2-15-5-9-17(10-6-15)26-13-19(24)18-11-12-22-20(25)23-18/h1-12H,13H2,(H,22,23,25)/b2-1+. The van der Waals surface area contributed by atoms with Crippen molar-refractivity contribution >= 4 is 33.9 Å². The van der Waals surface area contributed by atoms with Gasteiger partial charge in [0.25, 0.3) is 0 Å². The molecule has 0 fully saturated rings. The van der Waals surface area contributed by atoms with Crippen molar-refractivity contribution in [2.45, 2.75) is 0 Å². The minimum absolute atomic E-state index is 0.159. The van der Waals surface area contributed by atoms with Gasteiger partial charge >= 0.3 is 5.69 Å². The van der Waals surface area contributed by atoms with Gasteiger partial charge in [0.1, 0.15) is 5.75 Å². The number of benzene rings is 2. The molecule has 0 atom stereocenters. The van der Waals surface area contributed by atoms with E-state index in [2.05, 4.69) is 25.9 Å². The molecule has 0 aliphatic carbocycles. The molecule has 130 valence electrons. The molecule has 3 rings (SSSR count). The van der Waals surface area contributed by atoms with E-state index in [0.717, 1.165) is 15.6 Å².